The Hall–Kier alpha value is -2.89. The van der Waals surface area contributed by atoms with E-state index in [1.165, 1.54) is 12.1 Å². The normalized spacial score (nSPS) is 11.6. The van der Waals surface area contributed by atoms with Crippen LogP contribution in [0.2, 0.25) is 0 Å². The number of carbonyl (C=O) groups excluding carboxylic acids is 2. The number of primary amides is 1. The highest BCUT2D eigenvalue weighted by atomic mass is 19.1. The number of amides is 3. The average molecular weight is 329 g/mol. The predicted octanol–water partition coefficient (Wildman–Crippen LogP) is 2.60. The summed E-state index contributed by atoms with van der Waals surface area (Å²) in [6.07, 6.45) is 0.334. The van der Waals surface area contributed by atoms with Crippen molar-refractivity contribution >= 4 is 17.6 Å². The highest BCUT2D eigenvalue weighted by Gasteiger charge is 2.17. The number of nitrogens with two attached hydrogens (primary N) is 1. The van der Waals surface area contributed by atoms with Crippen molar-refractivity contribution in [2.75, 3.05) is 11.9 Å². The van der Waals surface area contributed by atoms with Gasteiger partial charge >= 0.3 is 6.03 Å². The van der Waals surface area contributed by atoms with Gasteiger partial charge in [-0.2, -0.15) is 0 Å². The Labute approximate surface area is 140 Å². The van der Waals surface area contributed by atoms with E-state index in [4.69, 9.17) is 5.73 Å². The summed E-state index contributed by atoms with van der Waals surface area (Å²) in [4.78, 5) is 23.5. The Balaban J connectivity index is 1.90. The Morgan fingerprint density at radius 1 is 1.17 bits per heavy atom. The van der Waals surface area contributed by atoms with Crippen LogP contribution in [0.1, 0.15) is 11.1 Å². The summed E-state index contributed by atoms with van der Waals surface area (Å²) in [6, 6.07) is 12.8. The van der Waals surface area contributed by atoms with Gasteiger partial charge in [-0.05, 0) is 48.7 Å². The van der Waals surface area contributed by atoms with E-state index in [0.717, 1.165) is 11.1 Å². The number of aryl methyl sites for hydroxylation is 1. The lowest BCUT2D eigenvalue weighted by Gasteiger charge is -2.15. The van der Waals surface area contributed by atoms with Crippen molar-refractivity contribution in [1.82, 2.24) is 5.32 Å². The minimum atomic E-state index is -0.571. The molecule has 0 fully saturated rings. The standard InChI is InChI=1S/C18H20FN3O2/c1-12-3-2-4-16(9-12)22-18(24)21-11-14(17(20)23)10-13-5-7-15(19)8-6-13/h2-9,14H,10-11H2,1H3,(H2,20,23)(H2,21,22,24). The van der Waals surface area contributed by atoms with Gasteiger partial charge in [-0.1, -0.05) is 24.3 Å². The van der Waals surface area contributed by atoms with E-state index in [1.807, 2.05) is 25.1 Å². The fourth-order valence-electron chi connectivity index (χ4n) is 2.29. The molecule has 0 aliphatic heterocycles. The minimum absolute atomic E-state index is 0.102. The first kappa shape index (κ1) is 17.5. The lowest BCUT2D eigenvalue weighted by molar-refractivity contribution is -0.121. The lowest BCUT2D eigenvalue weighted by atomic mass is 9.98. The Kier molecular flexibility index (Phi) is 5.89. The van der Waals surface area contributed by atoms with E-state index in [9.17, 15) is 14.0 Å². The molecule has 1 atom stereocenters. The van der Waals surface area contributed by atoms with Gasteiger partial charge in [-0.15, -0.1) is 0 Å². The SMILES string of the molecule is Cc1cccc(NC(=O)NCC(Cc2ccc(F)cc2)C(N)=O)c1. The van der Waals surface area contributed by atoms with Crippen LogP contribution in [0.3, 0.4) is 0 Å². The van der Waals surface area contributed by atoms with Crippen molar-refractivity contribution in [2.24, 2.45) is 11.7 Å². The second-order valence-electron chi connectivity index (χ2n) is 5.63. The number of carbonyl (C=O) groups is 2. The van der Waals surface area contributed by atoms with Crippen LogP contribution in [0.5, 0.6) is 0 Å². The first-order valence-corrected chi connectivity index (χ1v) is 7.59. The highest BCUT2D eigenvalue weighted by Crippen LogP contribution is 2.11. The molecule has 2 rings (SSSR count). The predicted molar refractivity (Wildman–Crippen MR) is 91.0 cm³/mol. The van der Waals surface area contributed by atoms with Crippen LogP contribution < -0.4 is 16.4 Å². The molecule has 24 heavy (non-hydrogen) atoms. The molecule has 0 saturated heterocycles. The van der Waals surface area contributed by atoms with Crippen molar-refractivity contribution < 1.29 is 14.0 Å². The first-order chi connectivity index (χ1) is 11.4. The van der Waals surface area contributed by atoms with Crippen LogP contribution in [0.15, 0.2) is 48.5 Å². The molecular weight excluding hydrogens is 309 g/mol. The van der Waals surface area contributed by atoms with Crippen molar-refractivity contribution in [3.63, 3.8) is 0 Å². The molecule has 0 aliphatic carbocycles. The summed E-state index contributed by atoms with van der Waals surface area (Å²) in [6.45, 7) is 2.03. The van der Waals surface area contributed by atoms with E-state index >= 15 is 0 Å². The van der Waals surface area contributed by atoms with Gasteiger partial charge in [0, 0.05) is 12.2 Å². The maximum absolute atomic E-state index is 12.9. The molecule has 4 N–H and O–H groups in total. The number of hydrogen-bond donors (Lipinski definition) is 3. The van der Waals surface area contributed by atoms with E-state index < -0.39 is 17.9 Å². The molecule has 0 aromatic heterocycles. The number of nitrogens with one attached hydrogen (secondary N) is 2. The molecule has 0 spiro atoms. The number of rotatable bonds is 6. The van der Waals surface area contributed by atoms with Crippen LogP contribution >= 0.6 is 0 Å². The molecule has 0 saturated carbocycles. The van der Waals surface area contributed by atoms with Gasteiger partial charge < -0.3 is 16.4 Å². The Morgan fingerprint density at radius 2 is 1.88 bits per heavy atom. The van der Waals surface area contributed by atoms with Gasteiger partial charge in [0.2, 0.25) is 5.91 Å². The van der Waals surface area contributed by atoms with E-state index in [0.29, 0.717) is 12.1 Å². The van der Waals surface area contributed by atoms with Crippen LogP contribution in [-0.4, -0.2) is 18.5 Å². The van der Waals surface area contributed by atoms with Gasteiger partial charge in [-0.3, -0.25) is 4.79 Å². The Bertz CT molecular complexity index is 716. The van der Waals surface area contributed by atoms with Gasteiger partial charge in [0.25, 0.3) is 0 Å². The maximum atomic E-state index is 12.9. The summed E-state index contributed by atoms with van der Waals surface area (Å²) in [5, 5.41) is 5.34. The van der Waals surface area contributed by atoms with Crippen LogP contribution in [-0.2, 0) is 11.2 Å². The summed E-state index contributed by atoms with van der Waals surface area (Å²) < 4.78 is 12.9. The molecule has 0 heterocycles. The molecule has 126 valence electrons. The summed E-state index contributed by atoms with van der Waals surface area (Å²) in [5.41, 5.74) is 7.86. The summed E-state index contributed by atoms with van der Waals surface area (Å²) in [5.74, 6) is -1.43. The molecule has 6 heteroatoms. The molecular formula is C18H20FN3O2. The monoisotopic (exact) mass is 329 g/mol. The fourth-order valence-corrected chi connectivity index (χ4v) is 2.29. The van der Waals surface area contributed by atoms with Crippen molar-refractivity contribution in [3.8, 4) is 0 Å². The summed E-state index contributed by atoms with van der Waals surface area (Å²) in [7, 11) is 0. The number of benzene rings is 2. The molecule has 0 radical (unpaired) electrons. The van der Waals surface area contributed by atoms with Gasteiger partial charge in [0.15, 0.2) is 0 Å². The number of hydrogen-bond acceptors (Lipinski definition) is 2. The van der Waals surface area contributed by atoms with E-state index in [1.54, 1.807) is 18.2 Å². The van der Waals surface area contributed by atoms with Crippen LogP contribution in [0.25, 0.3) is 0 Å². The quantitative estimate of drug-likeness (QED) is 0.761. The second-order valence-corrected chi connectivity index (χ2v) is 5.63. The first-order valence-electron chi connectivity index (χ1n) is 7.59. The highest BCUT2D eigenvalue weighted by molar-refractivity contribution is 5.89. The molecule has 3 amide bonds. The largest absolute Gasteiger partial charge is 0.369 e. The van der Waals surface area contributed by atoms with Gasteiger partial charge in [0.1, 0.15) is 5.82 Å². The van der Waals surface area contributed by atoms with Gasteiger partial charge in [0.05, 0.1) is 5.92 Å². The molecule has 2 aromatic carbocycles. The van der Waals surface area contributed by atoms with Crippen molar-refractivity contribution in [3.05, 3.63) is 65.5 Å². The fraction of sp³-hybridized carbons (Fsp3) is 0.222. The summed E-state index contributed by atoms with van der Waals surface area (Å²) >= 11 is 0. The van der Waals surface area contributed by atoms with E-state index in [-0.39, 0.29) is 12.4 Å². The number of anilines is 1. The topological polar surface area (TPSA) is 84.2 Å². The average Bonchev–Trinajstić information content (AvgIpc) is 2.53. The smallest absolute Gasteiger partial charge is 0.319 e. The third-order valence-corrected chi connectivity index (χ3v) is 3.58. The molecule has 2 aromatic rings. The van der Waals surface area contributed by atoms with Gasteiger partial charge in [-0.25, -0.2) is 9.18 Å². The lowest BCUT2D eigenvalue weighted by Crippen LogP contribution is -2.39. The Morgan fingerprint density at radius 3 is 2.50 bits per heavy atom. The van der Waals surface area contributed by atoms with Crippen LogP contribution in [0.4, 0.5) is 14.9 Å². The third-order valence-electron chi connectivity index (χ3n) is 3.58. The van der Waals surface area contributed by atoms with Crippen molar-refractivity contribution in [1.29, 1.82) is 0 Å². The maximum Gasteiger partial charge on any atom is 0.319 e. The zero-order valence-corrected chi connectivity index (χ0v) is 13.4. The molecule has 1 unspecified atom stereocenters. The van der Waals surface area contributed by atoms with Crippen molar-refractivity contribution in [2.45, 2.75) is 13.3 Å². The zero-order chi connectivity index (χ0) is 17.5. The second kappa shape index (κ2) is 8.10. The molecule has 0 aliphatic rings. The zero-order valence-electron chi connectivity index (χ0n) is 13.4. The number of urea groups is 1. The van der Waals surface area contributed by atoms with Crippen LogP contribution in [0, 0.1) is 18.7 Å². The minimum Gasteiger partial charge on any atom is -0.369 e. The number of halogens is 1. The molecule has 5 nitrogen and oxygen atoms in total. The molecule has 0 bridgehead atoms. The van der Waals surface area contributed by atoms with E-state index in [2.05, 4.69) is 10.6 Å². The third kappa shape index (κ3) is 5.39.